The third kappa shape index (κ3) is 1.54. The van der Waals surface area contributed by atoms with Gasteiger partial charge < -0.3 is 11.5 Å². The molecule has 2 bridgehead atoms. The van der Waals surface area contributed by atoms with Crippen molar-refractivity contribution in [3.05, 3.63) is 0 Å². The van der Waals surface area contributed by atoms with Gasteiger partial charge in [-0.2, -0.15) is 9.37 Å². The van der Waals surface area contributed by atoms with Gasteiger partial charge in [-0.15, -0.1) is 4.90 Å². The zero-order valence-electron chi connectivity index (χ0n) is 15.2. The lowest BCUT2D eigenvalue weighted by molar-refractivity contribution is -0.545. The summed E-state index contributed by atoms with van der Waals surface area (Å²) >= 11 is 0. The summed E-state index contributed by atoms with van der Waals surface area (Å²) in [6.07, 6.45) is 0.618. The smallest absolute Gasteiger partial charge is 0.325 e. The fourth-order valence-electron chi connectivity index (χ4n) is 5.04. The second-order valence-electron chi connectivity index (χ2n) is 8.50. The quantitative estimate of drug-likeness (QED) is 0.461. The number of Topliss-reactive ketones (excluding diaryl/α,β-unsaturated/α-hetero) is 1. The van der Waals surface area contributed by atoms with Crippen LogP contribution in [0.15, 0.2) is 0 Å². The second kappa shape index (κ2) is 4.71. The Balaban J connectivity index is 2.04. The Bertz CT molecular complexity index is 707. The predicted molar refractivity (Wildman–Crippen MR) is 97.0 cm³/mol. The van der Waals surface area contributed by atoms with Gasteiger partial charge in [-0.3, -0.25) is 4.79 Å². The van der Waals surface area contributed by atoms with Crippen molar-refractivity contribution in [1.29, 1.82) is 0 Å². The Labute approximate surface area is 146 Å². The van der Waals surface area contributed by atoms with Crippen LogP contribution in [0.3, 0.4) is 0 Å². The number of urea groups is 1. The monoisotopic (exact) mass is 367 g/mol. The molecule has 3 heterocycles. The summed E-state index contributed by atoms with van der Waals surface area (Å²) in [6, 6.07) is -0.888. The van der Waals surface area contributed by atoms with Crippen molar-refractivity contribution < 1.29 is 19.0 Å². The maximum atomic E-state index is 13.4. The van der Waals surface area contributed by atoms with Crippen LogP contribution in [-0.2, 0) is 9.59 Å². The lowest BCUT2D eigenvalue weighted by Crippen LogP contribution is -2.88. The predicted octanol–water partition coefficient (Wildman–Crippen LogP) is -1.59. The van der Waals surface area contributed by atoms with Gasteiger partial charge in [0.1, 0.15) is 11.5 Å². The molecule has 6 atom stereocenters. The van der Waals surface area contributed by atoms with Crippen molar-refractivity contribution in [2.24, 2.45) is 17.4 Å². The molecule has 3 amide bonds. The van der Waals surface area contributed by atoms with Crippen LogP contribution in [0.2, 0.25) is 23.2 Å². The number of amides is 3. The van der Waals surface area contributed by atoms with E-state index < -0.39 is 38.5 Å². The summed E-state index contributed by atoms with van der Waals surface area (Å²) < 4.78 is 1.35. The van der Waals surface area contributed by atoms with Crippen molar-refractivity contribution in [3.63, 3.8) is 0 Å². The van der Waals surface area contributed by atoms with E-state index in [-0.39, 0.29) is 21.8 Å². The number of hydrogen-bond donors (Lipinski definition) is 2. The van der Waals surface area contributed by atoms with Crippen molar-refractivity contribution in [2.45, 2.75) is 61.7 Å². The molecule has 132 valence electrons. The van der Waals surface area contributed by atoms with E-state index in [9.17, 15) is 14.4 Å². The number of carbonyl (C=O) groups excluding carboxylic acids is 3. The van der Waals surface area contributed by atoms with Crippen LogP contribution in [0.4, 0.5) is 4.79 Å². The third-order valence-corrected chi connectivity index (χ3v) is 13.0. The van der Waals surface area contributed by atoms with Crippen LogP contribution in [0.25, 0.3) is 0 Å². The van der Waals surface area contributed by atoms with Crippen molar-refractivity contribution in [1.82, 2.24) is 4.90 Å². The van der Waals surface area contributed by atoms with Crippen molar-refractivity contribution >= 4 is 43.0 Å². The first kappa shape index (κ1) is 17.7. The number of fused-ring (bicyclic) bond motifs is 2. The average Bonchev–Trinajstić information content (AvgIpc) is 2.51. The highest BCUT2D eigenvalue weighted by Crippen LogP contribution is 2.71. The molecule has 3 aliphatic heterocycles. The minimum atomic E-state index is -1.35. The Morgan fingerprint density at radius 2 is 1.92 bits per heavy atom. The number of nitrogens with two attached hydrogens (primary N) is 2. The summed E-state index contributed by atoms with van der Waals surface area (Å²) in [6.45, 7) is 10.3. The van der Waals surface area contributed by atoms with E-state index in [0.29, 0.717) is 0 Å². The topological polar surface area (TPSA) is 110 Å². The first-order valence-electron chi connectivity index (χ1n) is 8.44. The SMILES string of the molecule is CC1C=[N+]2C(=O)N(C1=O)C2C(=O)C1(N)C(N)C(C)([SiH3])C1(C)[SiH](C)C. The van der Waals surface area contributed by atoms with Crippen molar-refractivity contribution in [3.8, 4) is 0 Å². The number of nitrogens with zero attached hydrogens (tertiary/aromatic N) is 2. The average molecular weight is 368 g/mol. The summed E-state index contributed by atoms with van der Waals surface area (Å²) in [7, 11) is -0.511. The minimum absolute atomic E-state index is 0.133. The molecule has 4 N–H and O–H groups in total. The molecule has 4 aliphatic rings. The molecular weight excluding hydrogens is 340 g/mol. The van der Waals surface area contributed by atoms with E-state index in [1.165, 1.54) is 10.8 Å². The zero-order valence-corrected chi connectivity index (χ0v) is 18.3. The molecule has 24 heavy (non-hydrogen) atoms. The first-order chi connectivity index (χ1) is 10.8. The maximum absolute atomic E-state index is 13.4. The van der Waals surface area contributed by atoms with Crippen LogP contribution in [0, 0.1) is 5.92 Å². The molecule has 1 saturated carbocycles. The Morgan fingerprint density at radius 1 is 1.38 bits per heavy atom. The Hall–Kier alpha value is -1.17. The molecule has 1 aliphatic carbocycles. The third-order valence-electron chi connectivity index (χ3n) is 7.21. The first-order valence-corrected chi connectivity index (χ1v) is 12.3. The van der Waals surface area contributed by atoms with E-state index in [1.807, 2.05) is 0 Å². The second-order valence-corrected chi connectivity index (χ2v) is 14.0. The number of rotatable bonds is 3. The van der Waals surface area contributed by atoms with Crippen LogP contribution in [0.1, 0.15) is 20.8 Å². The highest BCUT2D eigenvalue weighted by molar-refractivity contribution is 6.63. The van der Waals surface area contributed by atoms with Gasteiger partial charge in [0.15, 0.2) is 0 Å². The lowest BCUT2D eigenvalue weighted by Gasteiger charge is -2.72. The van der Waals surface area contributed by atoms with Gasteiger partial charge in [0.05, 0.1) is 6.21 Å². The maximum Gasteiger partial charge on any atom is 0.508 e. The van der Waals surface area contributed by atoms with Crippen molar-refractivity contribution in [2.75, 3.05) is 0 Å². The number of imide groups is 1. The lowest BCUT2D eigenvalue weighted by atomic mass is 9.52. The van der Waals surface area contributed by atoms with Crippen LogP contribution < -0.4 is 11.5 Å². The fourth-order valence-corrected chi connectivity index (χ4v) is 10.6. The van der Waals surface area contributed by atoms with Gasteiger partial charge in [0, 0.05) is 25.1 Å². The van der Waals surface area contributed by atoms with E-state index in [2.05, 4.69) is 26.9 Å². The highest BCUT2D eigenvalue weighted by Gasteiger charge is 2.79. The summed E-state index contributed by atoms with van der Waals surface area (Å²) in [5.74, 6) is -1.03. The van der Waals surface area contributed by atoms with Gasteiger partial charge in [-0.05, 0) is 17.0 Å². The highest BCUT2D eigenvalue weighted by atomic mass is 28.3. The van der Waals surface area contributed by atoms with Crippen LogP contribution in [-0.4, -0.2) is 70.2 Å². The van der Waals surface area contributed by atoms with Crippen LogP contribution in [0.5, 0.6) is 0 Å². The molecule has 0 radical (unpaired) electrons. The van der Waals surface area contributed by atoms with E-state index in [4.69, 9.17) is 11.5 Å². The molecule has 7 nitrogen and oxygen atoms in total. The van der Waals surface area contributed by atoms with E-state index >= 15 is 0 Å². The molecule has 0 aromatic heterocycles. The Kier molecular flexibility index (Phi) is 3.47. The molecule has 4 rings (SSSR count). The van der Waals surface area contributed by atoms with Gasteiger partial charge in [-0.25, -0.2) is 4.79 Å². The summed E-state index contributed by atoms with van der Waals surface area (Å²) in [5.41, 5.74) is 11.9. The standard InChI is InChI=1S/C15H27N4O3Si2/c1-7-6-18-9(19(10(7)21)12(18)22)8(20)15(17)11(16)13(2,23)14(15,3)24(4)5/h6-7,9,11,24H,16-17H2,1-5,23H3/q+1. The summed E-state index contributed by atoms with van der Waals surface area (Å²) in [4.78, 5) is 38.7. The largest absolute Gasteiger partial charge is 0.508 e. The van der Waals surface area contributed by atoms with Gasteiger partial charge in [0.25, 0.3) is 0 Å². The Morgan fingerprint density at radius 3 is 2.38 bits per heavy atom. The molecule has 0 spiro atoms. The molecule has 6 unspecified atom stereocenters. The molecular formula is C15H27N4O3Si2+. The number of carbonyl (C=O) groups is 3. The molecule has 0 aromatic rings. The molecule has 1 saturated heterocycles. The summed E-state index contributed by atoms with van der Waals surface area (Å²) in [5, 5.41) is -0.473. The zero-order chi connectivity index (χ0) is 18.4. The van der Waals surface area contributed by atoms with E-state index in [1.54, 1.807) is 6.92 Å². The normalized spacial score (nSPS) is 47.4. The minimum Gasteiger partial charge on any atom is -0.325 e. The van der Waals surface area contributed by atoms with Gasteiger partial charge in [-0.1, -0.05) is 26.9 Å². The molecule has 0 aromatic carbocycles. The molecule has 2 fully saturated rings. The molecule has 9 heteroatoms. The number of ketones is 1. The fraction of sp³-hybridized carbons (Fsp3) is 0.733. The van der Waals surface area contributed by atoms with Gasteiger partial charge in [0.2, 0.25) is 5.78 Å². The number of hydrogen-bond acceptors (Lipinski definition) is 5. The van der Waals surface area contributed by atoms with Gasteiger partial charge >= 0.3 is 18.1 Å². The van der Waals surface area contributed by atoms with Crippen LogP contribution >= 0.6 is 0 Å². The van der Waals surface area contributed by atoms with E-state index in [0.717, 1.165) is 15.1 Å².